The number of aliphatic hydroxyl groups is 1. The first-order valence-corrected chi connectivity index (χ1v) is 37.2. The summed E-state index contributed by atoms with van der Waals surface area (Å²) < 4.78 is 68.1. The van der Waals surface area contributed by atoms with Gasteiger partial charge in [-0.25, -0.2) is 9.13 Å². The lowest BCUT2D eigenvalue weighted by Crippen LogP contribution is -2.30. The smallest absolute Gasteiger partial charge is 0.462 e. The normalized spacial score (nSPS) is 14.7. The third-order valence-electron chi connectivity index (χ3n) is 15.4. The van der Waals surface area contributed by atoms with E-state index in [1.54, 1.807) is 0 Å². The van der Waals surface area contributed by atoms with Crippen molar-refractivity contribution in [1.82, 2.24) is 0 Å². The average Bonchev–Trinajstić information content (AvgIpc) is 3.56. The second kappa shape index (κ2) is 56.1. The number of hydrogen-bond donors (Lipinski definition) is 3. The Morgan fingerprint density at radius 1 is 0.329 bits per heavy atom. The van der Waals surface area contributed by atoms with Crippen LogP contribution in [0.2, 0.25) is 0 Å². The van der Waals surface area contributed by atoms with E-state index in [0.717, 1.165) is 120 Å². The Balaban J connectivity index is 5.26. The number of phosphoric acid groups is 2. The second-order valence-corrected chi connectivity index (χ2v) is 28.4. The summed E-state index contributed by atoms with van der Waals surface area (Å²) >= 11 is 0. The number of rotatable bonds is 63. The average molecular weight is 1260 g/mol. The molecule has 19 heteroatoms. The molecule has 0 aliphatic rings. The molecule has 3 unspecified atom stereocenters. The zero-order valence-corrected chi connectivity index (χ0v) is 57.0. The number of esters is 4. The zero-order chi connectivity index (χ0) is 63.2. The minimum Gasteiger partial charge on any atom is -0.462 e. The summed E-state index contributed by atoms with van der Waals surface area (Å²) in [6.07, 6.45) is 36.3. The predicted octanol–water partition coefficient (Wildman–Crippen LogP) is 18.1. The maximum absolute atomic E-state index is 13.0. The van der Waals surface area contributed by atoms with Gasteiger partial charge in [0.1, 0.15) is 19.3 Å². The predicted molar refractivity (Wildman–Crippen MR) is 340 cm³/mol. The van der Waals surface area contributed by atoms with Crippen LogP contribution in [0.15, 0.2) is 0 Å². The second-order valence-electron chi connectivity index (χ2n) is 25.5. The largest absolute Gasteiger partial charge is 0.472 e. The summed E-state index contributed by atoms with van der Waals surface area (Å²) in [4.78, 5) is 72.3. The van der Waals surface area contributed by atoms with Crippen molar-refractivity contribution in [3.63, 3.8) is 0 Å². The number of carbonyl (C=O) groups is 4. The molecule has 85 heavy (non-hydrogen) atoms. The van der Waals surface area contributed by atoms with E-state index in [2.05, 4.69) is 55.4 Å². The van der Waals surface area contributed by atoms with Crippen LogP contribution in [0.3, 0.4) is 0 Å². The summed E-state index contributed by atoms with van der Waals surface area (Å²) in [5.41, 5.74) is 0. The maximum Gasteiger partial charge on any atom is 0.472 e. The fraction of sp³-hybridized carbons (Fsp3) is 0.939. The van der Waals surface area contributed by atoms with E-state index in [-0.39, 0.29) is 25.7 Å². The Kier molecular flexibility index (Phi) is 54.8. The van der Waals surface area contributed by atoms with Crippen LogP contribution in [0, 0.1) is 23.7 Å². The number of ether oxygens (including phenoxy) is 4. The van der Waals surface area contributed by atoms with Crippen LogP contribution in [0.4, 0.5) is 0 Å². The van der Waals surface area contributed by atoms with E-state index in [0.29, 0.717) is 31.6 Å². The Labute approximate surface area is 517 Å². The molecule has 0 aromatic carbocycles. The standard InChI is InChI=1S/C66H128O17P2/c1-9-59(8)45-37-29-24-25-31-39-47-64(69)77-53-62(82-65(70)48-40-32-21-14-12-10-11-13-18-26-34-42-56(2)3)55-81-85(74,75)79-51-60(67)50-78-84(72,73)80-54-61(52-76-63(68)46-38-30-23-17-20-28-36-44-58(6)7)83-66(71)49-41-33-22-16-15-19-27-35-43-57(4)5/h56-62,67H,9-55H2,1-8H3,(H,72,73)(H,74,75)/t59?,60-,61-,62-/m1/s1. The quantitative estimate of drug-likeness (QED) is 0.0222. The highest BCUT2D eigenvalue weighted by molar-refractivity contribution is 7.47. The Morgan fingerprint density at radius 3 is 0.835 bits per heavy atom. The van der Waals surface area contributed by atoms with Crippen LogP contribution in [0.25, 0.3) is 0 Å². The lowest BCUT2D eigenvalue weighted by molar-refractivity contribution is -0.161. The molecule has 0 aromatic rings. The molecule has 0 heterocycles. The van der Waals surface area contributed by atoms with Gasteiger partial charge in [-0.2, -0.15) is 0 Å². The van der Waals surface area contributed by atoms with Crippen LogP contribution < -0.4 is 0 Å². The molecule has 17 nitrogen and oxygen atoms in total. The first-order valence-electron chi connectivity index (χ1n) is 34.2. The third kappa shape index (κ3) is 59.5. The van der Waals surface area contributed by atoms with Crippen molar-refractivity contribution < 1.29 is 80.2 Å². The number of hydrogen-bond acceptors (Lipinski definition) is 15. The van der Waals surface area contributed by atoms with Gasteiger partial charge in [-0.3, -0.25) is 37.3 Å². The lowest BCUT2D eigenvalue weighted by Gasteiger charge is -2.21. The van der Waals surface area contributed by atoms with Gasteiger partial charge in [0.15, 0.2) is 12.2 Å². The van der Waals surface area contributed by atoms with Crippen LogP contribution in [0.1, 0.15) is 319 Å². The van der Waals surface area contributed by atoms with Gasteiger partial charge in [0.05, 0.1) is 26.4 Å². The van der Waals surface area contributed by atoms with Gasteiger partial charge in [-0.05, 0) is 49.4 Å². The molecule has 0 fully saturated rings. The van der Waals surface area contributed by atoms with Crippen molar-refractivity contribution in [2.24, 2.45) is 23.7 Å². The van der Waals surface area contributed by atoms with E-state index < -0.39 is 97.5 Å². The van der Waals surface area contributed by atoms with E-state index in [4.69, 9.17) is 37.0 Å². The molecular formula is C66H128O17P2. The first kappa shape index (κ1) is 83.1. The van der Waals surface area contributed by atoms with Crippen LogP contribution in [0.5, 0.6) is 0 Å². The fourth-order valence-corrected chi connectivity index (χ4v) is 11.3. The highest BCUT2D eigenvalue weighted by Gasteiger charge is 2.30. The third-order valence-corrected chi connectivity index (χ3v) is 17.3. The lowest BCUT2D eigenvalue weighted by atomic mass is 10.00. The number of carbonyl (C=O) groups excluding carboxylic acids is 4. The molecule has 0 saturated carbocycles. The first-order chi connectivity index (χ1) is 40.6. The molecule has 0 spiro atoms. The molecule has 3 N–H and O–H groups in total. The molecule has 0 aliphatic carbocycles. The molecule has 504 valence electrons. The van der Waals surface area contributed by atoms with Crippen molar-refractivity contribution in [2.45, 2.75) is 337 Å². The Bertz CT molecular complexity index is 1700. The van der Waals surface area contributed by atoms with Crippen molar-refractivity contribution in [3.05, 3.63) is 0 Å². The van der Waals surface area contributed by atoms with Gasteiger partial charge in [0, 0.05) is 25.7 Å². The highest BCUT2D eigenvalue weighted by Crippen LogP contribution is 2.45. The molecule has 0 rings (SSSR count). The maximum atomic E-state index is 13.0. The van der Waals surface area contributed by atoms with Crippen molar-refractivity contribution in [3.8, 4) is 0 Å². The number of unbranched alkanes of at least 4 members (excludes halogenated alkanes) is 28. The Hall–Kier alpha value is -1.94. The van der Waals surface area contributed by atoms with Crippen LogP contribution in [-0.4, -0.2) is 96.7 Å². The minimum atomic E-state index is -4.95. The summed E-state index contributed by atoms with van der Waals surface area (Å²) in [7, 11) is -9.89. The van der Waals surface area contributed by atoms with Gasteiger partial charge in [-0.15, -0.1) is 0 Å². The zero-order valence-electron chi connectivity index (χ0n) is 55.2. The topological polar surface area (TPSA) is 237 Å². The molecule has 0 radical (unpaired) electrons. The summed E-state index contributed by atoms with van der Waals surface area (Å²) in [6, 6.07) is 0. The molecule has 0 aliphatic heterocycles. The molecule has 0 amide bonds. The van der Waals surface area contributed by atoms with Gasteiger partial charge < -0.3 is 33.8 Å². The van der Waals surface area contributed by atoms with Crippen molar-refractivity contribution in [1.29, 1.82) is 0 Å². The van der Waals surface area contributed by atoms with E-state index in [1.807, 2.05) is 0 Å². The van der Waals surface area contributed by atoms with Crippen LogP contribution >= 0.6 is 15.6 Å². The molecule has 0 bridgehead atoms. The van der Waals surface area contributed by atoms with Gasteiger partial charge in [-0.1, -0.05) is 267 Å². The minimum absolute atomic E-state index is 0.103. The van der Waals surface area contributed by atoms with E-state index in [1.165, 1.54) is 109 Å². The van der Waals surface area contributed by atoms with Gasteiger partial charge in [0.2, 0.25) is 0 Å². The van der Waals surface area contributed by atoms with Gasteiger partial charge >= 0.3 is 39.5 Å². The SMILES string of the molecule is CCC(C)CCCCCCCCC(=O)OC[C@H](COP(=O)(O)OC[C@H](O)COP(=O)(O)OC[C@@H](COC(=O)CCCCCCCCCC(C)C)OC(=O)CCCCCCCCCCC(C)C)OC(=O)CCCCCCCCCCCCCC(C)C. The summed E-state index contributed by atoms with van der Waals surface area (Å²) in [5.74, 6) is 0.781. The molecule has 0 aromatic heterocycles. The van der Waals surface area contributed by atoms with E-state index >= 15 is 0 Å². The van der Waals surface area contributed by atoms with Crippen LogP contribution in [-0.2, 0) is 65.4 Å². The van der Waals surface area contributed by atoms with E-state index in [9.17, 15) is 43.2 Å². The fourth-order valence-electron chi connectivity index (χ4n) is 9.75. The molecule has 6 atom stereocenters. The summed E-state index contributed by atoms with van der Waals surface area (Å²) in [6.45, 7) is 14.0. The molecule has 0 saturated heterocycles. The summed E-state index contributed by atoms with van der Waals surface area (Å²) in [5, 5.41) is 10.6. The Morgan fingerprint density at radius 2 is 0.565 bits per heavy atom. The van der Waals surface area contributed by atoms with Crippen molar-refractivity contribution >= 4 is 39.5 Å². The van der Waals surface area contributed by atoms with Gasteiger partial charge in [0.25, 0.3) is 0 Å². The molecular weight excluding hydrogens is 1130 g/mol. The highest BCUT2D eigenvalue weighted by atomic mass is 31.2. The monoisotopic (exact) mass is 1250 g/mol. The van der Waals surface area contributed by atoms with Crippen molar-refractivity contribution in [2.75, 3.05) is 39.6 Å². The number of aliphatic hydroxyl groups excluding tert-OH is 1. The number of phosphoric ester groups is 2.